The van der Waals surface area contributed by atoms with Gasteiger partial charge in [-0.25, -0.2) is 8.42 Å². The zero-order chi connectivity index (χ0) is 19.1. The number of fused-ring (bicyclic) bond motifs is 3. The molecule has 0 aromatic heterocycles. The van der Waals surface area contributed by atoms with E-state index in [4.69, 9.17) is 0 Å². The molecule has 1 N–H and O–H groups in total. The van der Waals surface area contributed by atoms with Gasteiger partial charge in [0.15, 0.2) is 6.17 Å². The molecule has 0 saturated carbocycles. The van der Waals surface area contributed by atoms with E-state index in [1.54, 1.807) is 28.6 Å². The molecule has 0 amide bonds. The van der Waals surface area contributed by atoms with Crippen molar-refractivity contribution in [2.45, 2.75) is 23.5 Å². The lowest BCUT2D eigenvalue weighted by Crippen LogP contribution is -3.12. The summed E-state index contributed by atoms with van der Waals surface area (Å²) in [5.74, 6) is 0. The van der Waals surface area contributed by atoms with Crippen molar-refractivity contribution in [3.63, 3.8) is 0 Å². The van der Waals surface area contributed by atoms with Crippen LogP contribution < -0.4 is 4.90 Å². The quantitative estimate of drug-likeness (QED) is 0.746. The van der Waals surface area contributed by atoms with E-state index in [-0.39, 0.29) is 12.2 Å². The highest BCUT2D eigenvalue weighted by Gasteiger charge is 2.52. The normalized spacial score (nSPS) is 24.5. The molecular formula is C23H23N2O2S+. The van der Waals surface area contributed by atoms with Crippen LogP contribution in [-0.2, 0) is 16.4 Å². The van der Waals surface area contributed by atoms with Gasteiger partial charge in [-0.05, 0) is 17.7 Å². The van der Waals surface area contributed by atoms with Gasteiger partial charge >= 0.3 is 0 Å². The molecule has 3 aromatic carbocycles. The van der Waals surface area contributed by atoms with E-state index in [2.05, 4.69) is 24.3 Å². The maximum Gasteiger partial charge on any atom is 0.248 e. The third-order valence-corrected chi connectivity index (χ3v) is 7.87. The molecular weight excluding hydrogens is 368 g/mol. The number of hydrogen-bond acceptors (Lipinski definition) is 2. The van der Waals surface area contributed by atoms with Gasteiger partial charge in [0.1, 0.15) is 6.04 Å². The average Bonchev–Trinajstić information content (AvgIpc) is 3.16. The van der Waals surface area contributed by atoms with E-state index < -0.39 is 10.0 Å². The minimum Gasteiger partial charge on any atom is -0.308 e. The van der Waals surface area contributed by atoms with E-state index in [1.165, 1.54) is 16.0 Å². The SMILES string of the molecule is O=S(=O)(c1ccccc1)N1C[C@H]2c3ccccc3CC[NH+]2[C@H]1c1ccccc1. The topological polar surface area (TPSA) is 41.8 Å². The van der Waals surface area contributed by atoms with E-state index >= 15 is 0 Å². The van der Waals surface area contributed by atoms with Crippen LogP contribution in [0, 0.1) is 0 Å². The highest BCUT2D eigenvalue weighted by Crippen LogP contribution is 2.34. The van der Waals surface area contributed by atoms with Gasteiger partial charge in [-0.2, -0.15) is 0 Å². The number of quaternary nitrogens is 1. The van der Waals surface area contributed by atoms with E-state index in [1.807, 2.05) is 36.4 Å². The molecule has 3 atom stereocenters. The fourth-order valence-corrected chi connectivity index (χ4v) is 6.40. The molecule has 1 saturated heterocycles. The molecule has 28 heavy (non-hydrogen) atoms. The van der Waals surface area contributed by atoms with Gasteiger partial charge in [0.25, 0.3) is 0 Å². The summed E-state index contributed by atoms with van der Waals surface area (Å²) in [5.41, 5.74) is 3.69. The summed E-state index contributed by atoms with van der Waals surface area (Å²) in [4.78, 5) is 1.69. The molecule has 2 aliphatic heterocycles. The maximum atomic E-state index is 13.6. The lowest BCUT2D eigenvalue weighted by atomic mass is 9.93. The summed E-state index contributed by atoms with van der Waals surface area (Å²) < 4.78 is 28.9. The summed E-state index contributed by atoms with van der Waals surface area (Å²) in [7, 11) is -3.58. The van der Waals surface area contributed by atoms with Gasteiger partial charge in [0.2, 0.25) is 10.0 Å². The molecule has 0 radical (unpaired) electrons. The molecule has 5 rings (SSSR count). The smallest absolute Gasteiger partial charge is 0.248 e. The molecule has 0 bridgehead atoms. The summed E-state index contributed by atoms with van der Waals surface area (Å²) in [6.45, 7) is 1.44. The molecule has 2 aliphatic rings. The number of nitrogens with one attached hydrogen (secondary N) is 1. The van der Waals surface area contributed by atoms with Gasteiger partial charge in [-0.3, -0.25) is 0 Å². The zero-order valence-electron chi connectivity index (χ0n) is 15.5. The first-order valence-corrected chi connectivity index (χ1v) is 11.2. The molecule has 4 nitrogen and oxygen atoms in total. The van der Waals surface area contributed by atoms with Gasteiger partial charge in [-0.15, -0.1) is 4.31 Å². The van der Waals surface area contributed by atoms with E-state index in [9.17, 15) is 8.42 Å². The standard InChI is InChI=1S/C23H22N2O2S/c26-28(27,20-12-5-2-6-13-20)25-17-22-21-14-8-7-9-18(21)15-16-24(22)23(25)19-10-3-1-4-11-19/h1-14,22-23H,15-17H2/p+1/t22-,23+/m0/s1. The molecule has 3 aromatic rings. The summed E-state index contributed by atoms with van der Waals surface area (Å²) in [5, 5.41) is 0. The monoisotopic (exact) mass is 391 g/mol. The third kappa shape index (κ3) is 2.78. The number of sulfonamides is 1. The average molecular weight is 392 g/mol. The lowest BCUT2D eigenvalue weighted by molar-refractivity contribution is -0.953. The summed E-state index contributed by atoms with van der Waals surface area (Å²) >= 11 is 0. The fraction of sp³-hybridized carbons (Fsp3) is 0.217. The number of benzene rings is 3. The van der Waals surface area contributed by atoms with Crippen molar-refractivity contribution >= 4 is 10.0 Å². The molecule has 142 valence electrons. The van der Waals surface area contributed by atoms with Gasteiger partial charge in [-0.1, -0.05) is 72.8 Å². The Bertz CT molecular complexity index is 1080. The van der Waals surface area contributed by atoms with Crippen molar-refractivity contribution in [1.29, 1.82) is 0 Å². The predicted molar refractivity (Wildman–Crippen MR) is 108 cm³/mol. The van der Waals surface area contributed by atoms with Crippen LogP contribution in [0.5, 0.6) is 0 Å². The maximum absolute atomic E-state index is 13.6. The minimum atomic E-state index is -3.58. The second kappa shape index (κ2) is 6.85. The van der Waals surface area contributed by atoms with Crippen LogP contribution in [0.1, 0.15) is 28.9 Å². The Morgan fingerprint density at radius 1 is 0.821 bits per heavy atom. The molecule has 0 spiro atoms. The van der Waals surface area contributed by atoms with Crippen LogP contribution in [0.2, 0.25) is 0 Å². The largest absolute Gasteiger partial charge is 0.308 e. The van der Waals surface area contributed by atoms with Gasteiger partial charge < -0.3 is 4.90 Å². The van der Waals surface area contributed by atoms with Crippen molar-refractivity contribution in [2.75, 3.05) is 13.1 Å². The van der Waals surface area contributed by atoms with Crippen molar-refractivity contribution in [3.8, 4) is 0 Å². The molecule has 5 heteroatoms. The van der Waals surface area contributed by atoms with Crippen LogP contribution in [-0.4, -0.2) is 25.8 Å². The Balaban J connectivity index is 1.64. The lowest BCUT2D eigenvalue weighted by Gasteiger charge is -2.32. The van der Waals surface area contributed by atoms with Crippen LogP contribution >= 0.6 is 0 Å². The zero-order valence-corrected chi connectivity index (χ0v) is 16.3. The molecule has 1 unspecified atom stereocenters. The van der Waals surface area contributed by atoms with Crippen LogP contribution in [0.25, 0.3) is 0 Å². The number of nitrogens with zero attached hydrogens (tertiary/aromatic N) is 1. The minimum absolute atomic E-state index is 0.161. The summed E-state index contributed by atoms with van der Waals surface area (Å²) in [6.07, 6.45) is 0.773. The molecule has 2 heterocycles. The Morgan fingerprint density at radius 3 is 2.21 bits per heavy atom. The number of rotatable bonds is 3. The van der Waals surface area contributed by atoms with Gasteiger partial charge in [0.05, 0.1) is 18.0 Å². The molecule has 0 aliphatic carbocycles. The highest BCUT2D eigenvalue weighted by molar-refractivity contribution is 7.89. The van der Waals surface area contributed by atoms with Crippen molar-refractivity contribution < 1.29 is 13.3 Å². The van der Waals surface area contributed by atoms with Crippen molar-refractivity contribution in [1.82, 2.24) is 4.31 Å². The summed E-state index contributed by atoms with van der Waals surface area (Å²) in [6, 6.07) is 27.5. The Hall–Kier alpha value is -2.47. The second-order valence-corrected chi connectivity index (χ2v) is 9.42. The van der Waals surface area contributed by atoms with Crippen LogP contribution in [0.3, 0.4) is 0 Å². The molecule has 1 fully saturated rings. The third-order valence-electron chi connectivity index (χ3n) is 6.03. The fourth-order valence-electron chi connectivity index (χ4n) is 4.75. The van der Waals surface area contributed by atoms with Crippen molar-refractivity contribution in [3.05, 3.63) is 102 Å². The first-order valence-electron chi connectivity index (χ1n) is 9.71. The first kappa shape index (κ1) is 17.6. The number of hydrogen-bond donors (Lipinski definition) is 1. The Kier molecular flexibility index (Phi) is 4.31. The second-order valence-electron chi connectivity index (χ2n) is 7.53. The van der Waals surface area contributed by atoms with E-state index in [0.29, 0.717) is 11.4 Å². The first-order chi connectivity index (χ1) is 13.7. The van der Waals surface area contributed by atoms with Crippen molar-refractivity contribution in [2.24, 2.45) is 0 Å². The van der Waals surface area contributed by atoms with E-state index in [0.717, 1.165) is 18.5 Å². The van der Waals surface area contributed by atoms with Crippen LogP contribution in [0.15, 0.2) is 89.8 Å². The predicted octanol–water partition coefficient (Wildman–Crippen LogP) is 2.57. The van der Waals surface area contributed by atoms with Gasteiger partial charge in [0, 0.05) is 17.5 Å². The highest BCUT2D eigenvalue weighted by atomic mass is 32.2. The Morgan fingerprint density at radius 2 is 1.46 bits per heavy atom. The Labute approximate surface area is 166 Å². The van der Waals surface area contributed by atoms with Crippen LogP contribution in [0.4, 0.5) is 0 Å².